The van der Waals surface area contributed by atoms with Crippen LogP contribution in [0.1, 0.15) is 22.8 Å². The molecule has 1 unspecified atom stereocenters. The lowest BCUT2D eigenvalue weighted by molar-refractivity contribution is -0.116. The molecule has 0 heterocycles. The van der Waals surface area contributed by atoms with Gasteiger partial charge in [0, 0.05) is 18.3 Å². The van der Waals surface area contributed by atoms with E-state index in [1.54, 1.807) is 62.5 Å². The summed E-state index contributed by atoms with van der Waals surface area (Å²) in [6.45, 7) is 1.71. The van der Waals surface area contributed by atoms with Gasteiger partial charge in [0.25, 0.3) is 5.91 Å². The predicted octanol–water partition coefficient (Wildman–Crippen LogP) is 2.36. The molecule has 2 rings (SSSR count). The second kappa shape index (κ2) is 7.79. The van der Waals surface area contributed by atoms with E-state index in [0.717, 1.165) is 0 Å². The molecule has 0 aliphatic heterocycles. The molecule has 6 nitrogen and oxygen atoms in total. The van der Waals surface area contributed by atoms with Gasteiger partial charge in [0.15, 0.2) is 0 Å². The zero-order valence-corrected chi connectivity index (χ0v) is 13.5. The number of anilines is 2. The number of nitrogens with one attached hydrogen (secondary N) is 3. The number of carbonyl (C=O) groups excluding carboxylic acids is 2. The highest BCUT2D eigenvalue weighted by Crippen LogP contribution is 2.15. The van der Waals surface area contributed by atoms with Gasteiger partial charge in [-0.1, -0.05) is 18.2 Å². The third kappa shape index (κ3) is 4.11. The lowest BCUT2D eigenvalue weighted by Gasteiger charge is -2.16. The van der Waals surface area contributed by atoms with Gasteiger partial charge in [-0.2, -0.15) is 5.26 Å². The maximum atomic E-state index is 12.3. The average Bonchev–Trinajstić information content (AvgIpc) is 2.61. The number of rotatable bonds is 5. The fourth-order valence-corrected chi connectivity index (χ4v) is 2.14. The molecule has 0 fully saturated rings. The van der Waals surface area contributed by atoms with E-state index >= 15 is 0 Å². The Morgan fingerprint density at radius 2 is 1.88 bits per heavy atom. The van der Waals surface area contributed by atoms with Crippen LogP contribution in [0.2, 0.25) is 0 Å². The number of nitrogens with zero attached hydrogens (tertiary/aromatic N) is 1. The van der Waals surface area contributed by atoms with Crippen LogP contribution in [0.25, 0.3) is 0 Å². The molecule has 6 heteroatoms. The Kier molecular flexibility index (Phi) is 5.53. The zero-order chi connectivity index (χ0) is 17.5. The first kappa shape index (κ1) is 17.0. The smallest absolute Gasteiger partial charge is 0.251 e. The van der Waals surface area contributed by atoms with Gasteiger partial charge in [0.05, 0.1) is 11.3 Å². The highest BCUT2D eigenvalue weighted by atomic mass is 16.2. The number of hydrogen-bond donors (Lipinski definition) is 3. The lowest BCUT2D eigenvalue weighted by atomic mass is 10.1. The summed E-state index contributed by atoms with van der Waals surface area (Å²) in [5.41, 5.74) is 2.04. The lowest BCUT2D eigenvalue weighted by Crippen LogP contribution is -2.32. The minimum absolute atomic E-state index is 0.196. The van der Waals surface area contributed by atoms with E-state index in [9.17, 15) is 9.59 Å². The standard InChI is InChI=1S/C18H18N4O2/c1-12(17(23)22-16-9-4-3-6-14(16)11-19)21-15-8-5-7-13(10-15)18(24)20-2/h3-10,12,21H,1-2H3,(H,20,24)(H,22,23). The number of hydrogen-bond acceptors (Lipinski definition) is 4. The van der Waals surface area contributed by atoms with E-state index in [4.69, 9.17) is 5.26 Å². The van der Waals surface area contributed by atoms with E-state index in [1.165, 1.54) is 0 Å². The van der Waals surface area contributed by atoms with Crippen molar-refractivity contribution < 1.29 is 9.59 Å². The number of amides is 2. The molecule has 122 valence electrons. The third-order valence-electron chi connectivity index (χ3n) is 3.43. The highest BCUT2D eigenvalue weighted by Gasteiger charge is 2.15. The van der Waals surface area contributed by atoms with Crippen molar-refractivity contribution in [2.24, 2.45) is 0 Å². The summed E-state index contributed by atoms with van der Waals surface area (Å²) >= 11 is 0. The molecule has 0 aliphatic rings. The van der Waals surface area contributed by atoms with Crippen LogP contribution in [0, 0.1) is 11.3 Å². The first-order chi connectivity index (χ1) is 11.5. The topological polar surface area (TPSA) is 94.0 Å². The van der Waals surface area contributed by atoms with Crippen LogP contribution in [-0.2, 0) is 4.79 Å². The molecule has 2 aromatic rings. The number of nitriles is 1. The van der Waals surface area contributed by atoms with Crippen LogP contribution >= 0.6 is 0 Å². The van der Waals surface area contributed by atoms with E-state index in [1.807, 2.05) is 6.07 Å². The zero-order valence-electron chi connectivity index (χ0n) is 13.5. The second-order valence-electron chi connectivity index (χ2n) is 5.17. The van der Waals surface area contributed by atoms with Gasteiger partial charge in [0.2, 0.25) is 5.91 Å². The van der Waals surface area contributed by atoms with Crippen molar-refractivity contribution in [2.75, 3.05) is 17.7 Å². The third-order valence-corrected chi connectivity index (χ3v) is 3.43. The van der Waals surface area contributed by atoms with Crippen molar-refractivity contribution in [1.29, 1.82) is 5.26 Å². The van der Waals surface area contributed by atoms with Gasteiger partial charge >= 0.3 is 0 Å². The normalized spacial score (nSPS) is 11.0. The summed E-state index contributed by atoms with van der Waals surface area (Å²) in [6.07, 6.45) is 0. The Balaban J connectivity index is 2.07. The summed E-state index contributed by atoms with van der Waals surface area (Å²) in [6, 6.07) is 15.2. The van der Waals surface area contributed by atoms with Crippen LogP contribution in [0.4, 0.5) is 11.4 Å². The van der Waals surface area contributed by atoms with Gasteiger partial charge < -0.3 is 16.0 Å². The highest BCUT2D eigenvalue weighted by molar-refractivity contribution is 5.98. The summed E-state index contributed by atoms with van der Waals surface area (Å²) in [5.74, 6) is -0.471. The molecule has 0 saturated carbocycles. The first-order valence-corrected chi connectivity index (χ1v) is 7.44. The molecule has 24 heavy (non-hydrogen) atoms. The van der Waals surface area contributed by atoms with Crippen LogP contribution in [0.5, 0.6) is 0 Å². The number of carbonyl (C=O) groups is 2. The Hall–Kier alpha value is -3.33. The molecule has 0 bridgehead atoms. The Morgan fingerprint density at radius 1 is 1.12 bits per heavy atom. The Bertz CT molecular complexity index is 796. The van der Waals surface area contributed by atoms with Crippen molar-refractivity contribution in [2.45, 2.75) is 13.0 Å². The largest absolute Gasteiger partial charge is 0.374 e. The van der Waals surface area contributed by atoms with Crippen LogP contribution in [0.3, 0.4) is 0 Å². The van der Waals surface area contributed by atoms with Crippen molar-refractivity contribution in [3.05, 3.63) is 59.7 Å². The summed E-state index contributed by atoms with van der Waals surface area (Å²) in [4.78, 5) is 23.9. The van der Waals surface area contributed by atoms with Gasteiger partial charge in [-0.15, -0.1) is 0 Å². The minimum atomic E-state index is -0.545. The summed E-state index contributed by atoms with van der Waals surface area (Å²) < 4.78 is 0. The van der Waals surface area contributed by atoms with E-state index in [2.05, 4.69) is 16.0 Å². The molecule has 2 aromatic carbocycles. The molecular weight excluding hydrogens is 304 g/mol. The fraction of sp³-hybridized carbons (Fsp3) is 0.167. The number of para-hydroxylation sites is 1. The molecular formula is C18H18N4O2. The molecule has 0 spiro atoms. The van der Waals surface area contributed by atoms with Crippen LogP contribution < -0.4 is 16.0 Å². The Labute approximate surface area is 140 Å². The monoisotopic (exact) mass is 322 g/mol. The molecule has 0 aromatic heterocycles. The van der Waals surface area contributed by atoms with Gasteiger partial charge in [-0.05, 0) is 37.3 Å². The first-order valence-electron chi connectivity index (χ1n) is 7.44. The van der Waals surface area contributed by atoms with E-state index < -0.39 is 6.04 Å². The van der Waals surface area contributed by atoms with Crippen LogP contribution in [0.15, 0.2) is 48.5 Å². The minimum Gasteiger partial charge on any atom is -0.374 e. The average molecular weight is 322 g/mol. The van der Waals surface area contributed by atoms with Crippen molar-refractivity contribution in [1.82, 2.24) is 5.32 Å². The van der Waals surface area contributed by atoms with Crippen molar-refractivity contribution in [3.8, 4) is 6.07 Å². The molecule has 0 radical (unpaired) electrons. The van der Waals surface area contributed by atoms with E-state index in [-0.39, 0.29) is 11.8 Å². The quantitative estimate of drug-likeness (QED) is 0.787. The molecule has 2 amide bonds. The van der Waals surface area contributed by atoms with Crippen molar-refractivity contribution >= 4 is 23.2 Å². The maximum Gasteiger partial charge on any atom is 0.251 e. The second-order valence-corrected chi connectivity index (χ2v) is 5.17. The Morgan fingerprint density at radius 3 is 2.58 bits per heavy atom. The summed E-state index contributed by atoms with van der Waals surface area (Å²) in [5, 5.41) is 17.4. The van der Waals surface area contributed by atoms with Gasteiger partial charge in [-0.3, -0.25) is 9.59 Å². The van der Waals surface area contributed by atoms with Gasteiger partial charge in [0.1, 0.15) is 12.1 Å². The van der Waals surface area contributed by atoms with Gasteiger partial charge in [-0.25, -0.2) is 0 Å². The summed E-state index contributed by atoms with van der Waals surface area (Å²) in [7, 11) is 1.56. The molecule has 3 N–H and O–H groups in total. The molecule has 0 saturated heterocycles. The fourth-order valence-electron chi connectivity index (χ4n) is 2.14. The molecule has 1 atom stereocenters. The predicted molar refractivity (Wildman–Crippen MR) is 92.7 cm³/mol. The number of benzene rings is 2. The SMILES string of the molecule is CNC(=O)c1cccc(NC(C)C(=O)Nc2ccccc2C#N)c1. The van der Waals surface area contributed by atoms with Crippen LogP contribution in [-0.4, -0.2) is 24.9 Å². The molecule has 0 aliphatic carbocycles. The maximum absolute atomic E-state index is 12.3. The van der Waals surface area contributed by atoms with Crippen molar-refractivity contribution in [3.63, 3.8) is 0 Å². The van der Waals surface area contributed by atoms with E-state index in [0.29, 0.717) is 22.5 Å².